The lowest BCUT2D eigenvalue weighted by Crippen LogP contribution is -2.56. The molecule has 4 nitrogen and oxygen atoms in total. The largest absolute Gasteiger partial charge is 0.461 e. The highest BCUT2D eigenvalue weighted by Gasteiger charge is 2.67. The smallest absolute Gasteiger partial charge is 0.309 e. The minimum Gasteiger partial charge on any atom is -0.461 e. The van der Waals surface area contributed by atoms with Gasteiger partial charge in [0.05, 0.1) is 11.3 Å². The van der Waals surface area contributed by atoms with Gasteiger partial charge in [-0.2, -0.15) is 0 Å². The van der Waals surface area contributed by atoms with Crippen LogP contribution < -0.4 is 0 Å². The van der Waals surface area contributed by atoms with Crippen LogP contribution in [0.2, 0.25) is 0 Å². The molecule has 0 unspecified atom stereocenters. The SMILES string of the molecule is CC(C)C[C@H]1C(=O)O[C@@H]2[C@H]1CC[C@H](C)[C@]1(O)C=CC(=O)[C@@]21C. The third kappa shape index (κ3) is 1.86. The van der Waals surface area contributed by atoms with E-state index in [-0.39, 0.29) is 29.5 Å². The summed E-state index contributed by atoms with van der Waals surface area (Å²) in [5.74, 6) is -0.0476. The number of carbonyl (C=O) groups is 2. The highest BCUT2D eigenvalue weighted by atomic mass is 16.6. The first kappa shape index (κ1) is 15.7. The summed E-state index contributed by atoms with van der Waals surface area (Å²) in [6.07, 6.45) is 5.00. The molecule has 0 radical (unpaired) electrons. The molecule has 2 fully saturated rings. The van der Waals surface area contributed by atoms with E-state index < -0.39 is 17.1 Å². The van der Waals surface area contributed by atoms with Gasteiger partial charge in [0, 0.05) is 5.92 Å². The molecule has 1 heterocycles. The van der Waals surface area contributed by atoms with E-state index >= 15 is 0 Å². The van der Waals surface area contributed by atoms with Gasteiger partial charge in [0.1, 0.15) is 11.7 Å². The standard InChI is InChI=1S/C18H26O4/c1-10(2)9-13-12-6-5-11(3)18(21)8-7-14(19)17(18,4)15(12)22-16(13)20/h7-8,10-13,15,21H,5-6,9H2,1-4H3/t11-,12-,13+,15+,17-,18+/m0/s1. The highest BCUT2D eigenvalue weighted by Crippen LogP contribution is 2.57. The van der Waals surface area contributed by atoms with E-state index in [9.17, 15) is 14.7 Å². The molecule has 0 aromatic carbocycles. The molecule has 0 bridgehead atoms. The maximum Gasteiger partial charge on any atom is 0.309 e. The minimum atomic E-state index is -1.21. The fraction of sp³-hybridized carbons (Fsp3) is 0.778. The Kier molecular flexibility index (Phi) is 3.52. The van der Waals surface area contributed by atoms with E-state index in [2.05, 4.69) is 13.8 Å². The van der Waals surface area contributed by atoms with Gasteiger partial charge in [-0.05, 0) is 50.2 Å². The predicted octanol–water partition coefficient (Wildman–Crippen LogP) is 2.50. The molecule has 0 aromatic rings. The van der Waals surface area contributed by atoms with Crippen molar-refractivity contribution < 1.29 is 19.4 Å². The van der Waals surface area contributed by atoms with Crippen LogP contribution in [0.1, 0.15) is 47.0 Å². The first-order valence-electron chi connectivity index (χ1n) is 8.38. The molecule has 0 aromatic heterocycles. The van der Waals surface area contributed by atoms with Gasteiger partial charge in [-0.25, -0.2) is 0 Å². The number of aliphatic hydroxyl groups is 1. The first-order chi connectivity index (χ1) is 10.2. The van der Waals surface area contributed by atoms with Gasteiger partial charge in [0.25, 0.3) is 0 Å². The Bertz CT molecular complexity index is 537. The van der Waals surface area contributed by atoms with Gasteiger partial charge in [0.2, 0.25) is 0 Å². The van der Waals surface area contributed by atoms with Gasteiger partial charge in [-0.3, -0.25) is 9.59 Å². The van der Waals surface area contributed by atoms with Crippen LogP contribution >= 0.6 is 0 Å². The monoisotopic (exact) mass is 306 g/mol. The Hall–Kier alpha value is -1.16. The van der Waals surface area contributed by atoms with Gasteiger partial charge < -0.3 is 9.84 Å². The number of rotatable bonds is 2. The molecule has 1 N–H and O–H groups in total. The van der Waals surface area contributed by atoms with Crippen LogP contribution in [0.3, 0.4) is 0 Å². The number of carbonyl (C=O) groups excluding carboxylic acids is 2. The van der Waals surface area contributed by atoms with Gasteiger partial charge in [0.15, 0.2) is 5.78 Å². The van der Waals surface area contributed by atoms with Crippen molar-refractivity contribution in [3.05, 3.63) is 12.2 Å². The fourth-order valence-electron chi connectivity index (χ4n) is 4.82. The van der Waals surface area contributed by atoms with Crippen molar-refractivity contribution in [1.29, 1.82) is 0 Å². The lowest BCUT2D eigenvalue weighted by Gasteiger charge is -2.43. The molecule has 1 saturated carbocycles. The Morgan fingerprint density at radius 3 is 2.68 bits per heavy atom. The van der Waals surface area contributed by atoms with Crippen LogP contribution in [0.25, 0.3) is 0 Å². The minimum absolute atomic E-state index is 0.0239. The summed E-state index contributed by atoms with van der Waals surface area (Å²) in [6.45, 7) is 7.96. The summed E-state index contributed by atoms with van der Waals surface area (Å²) in [5, 5.41) is 11.2. The Balaban J connectivity index is 2.03. The van der Waals surface area contributed by atoms with E-state index in [1.165, 1.54) is 6.08 Å². The van der Waals surface area contributed by atoms with Gasteiger partial charge in [-0.1, -0.05) is 20.8 Å². The molecule has 22 heavy (non-hydrogen) atoms. The number of ether oxygens (including phenoxy) is 1. The summed E-state index contributed by atoms with van der Waals surface area (Å²) >= 11 is 0. The summed E-state index contributed by atoms with van der Waals surface area (Å²) < 4.78 is 5.70. The normalized spacial score (nSPS) is 47.4. The average molecular weight is 306 g/mol. The van der Waals surface area contributed by atoms with Crippen molar-refractivity contribution in [2.45, 2.75) is 58.7 Å². The predicted molar refractivity (Wildman–Crippen MR) is 81.9 cm³/mol. The zero-order chi connectivity index (χ0) is 16.3. The molecular formula is C18H26O4. The van der Waals surface area contributed by atoms with Gasteiger partial charge >= 0.3 is 5.97 Å². The maximum absolute atomic E-state index is 12.6. The van der Waals surface area contributed by atoms with Crippen LogP contribution in [0.4, 0.5) is 0 Å². The number of esters is 1. The zero-order valence-electron chi connectivity index (χ0n) is 13.8. The highest BCUT2D eigenvalue weighted by molar-refractivity contribution is 6.00. The molecule has 122 valence electrons. The van der Waals surface area contributed by atoms with E-state index in [0.29, 0.717) is 5.92 Å². The fourth-order valence-corrected chi connectivity index (χ4v) is 4.82. The zero-order valence-corrected chi connectivity index (χ0v) is 13.8. The number of ketones is 1. The van der Waals surface area contributed by atoms with Crippen LogP contribution in [0, 0.1) is 29.1 Å². The summed E-state index contributed by atoms with van der Waals surface area (Å²) in [5.41, 5.74) is -2.26. The number of fused-ring (bicyclic) bond motifs is 3. The third-order valence-corrected chi connectivity index (χ3v) is 6.26. The average Bonchev–Trinajstić information content (AvgIpc) is 2.85. The third-order valence-electron chi connectivity index (χ3n) is 6.26. The van der Waals surface area contributed by atoms with E-state index in [1.54, 1.807) is 13.0 Å². The van der Waals surface area contributed by atoms with Crippen molar-refractivity contribution in [1.82, 2.24) is 0 Å². The lowest BCUT2D eigenvalue weighted by molar-refractivity contribution is -0.166. The number of hydrogen-bond donors (Lipinski definition) is 1. The van der Waals surface area contributed by atoms with Crippen molar-refractivity contribution >= 4 is 11.8 Å². The second-order valence-corrected chi connectivity index (χ2v) is 7.96. The molecule has 6 atom stereocenters. The van der Waals surface area contributed by atoms with E-state index in [4.69, 9.17) is 4.74 Å². The maximum atomic E-state index is 12.6. The van der Waals surface area contributed by atoms with Crippen molar-refractivity contribution in [2.24, 2.45) is 29.1 Å². The summed E-state index contributed by atoms with van der Waals surface area (Å²) in [4.78, 5) is 25.0. The van der Waals surface area contributed by atoms with Gasteiger partial charge in [-0.15, -0.1) is 0 Å². The second kappa shape index (κ2) is 4.92. The van der Waals surface area contributed by atoms with Crippen LogP contribution in [0.15, 0.2) is 12.2 Å². The Labute approximate surface area is 131 Å². The lowest BCUT2D eigenvalue weighted by atomic mass is 9.64. The van der Waals surface area contributed by atoms with Crippen molar-refractivity contribution in [3.8, 4) is 0 Å². The second-order valence-electron chi connectivity index (χ2n) is 7.96. The molecule has 0 amide bonds. The first-order valence-corrected chi connectivity index (χ1v) is 8.38. The van der Waals surface area contributed by atoms with Crippen LogP contribution in [-0.2, 0) is 14.3 Å². The molecule has 2 aliphatic carbocycles. The van der Waals surface area contributed by atoms with Crippen molar-refractivity contribution in [2.75, 3.05) is 0 Å². The molecular weight excluding hydrogens is 280 g/mol. The van der Waals surface area contributed by atoms with E-state index in [1.807, 2.05) is 6.92 Å². The van der Waals surface area contributed by atoms with Crippen LogP contribution in [-0.4, -0.2) is 28.6 Å². The van der Waals surface area contributed by atoms with Crippen molar-refractivity contribution in [3.63, 3.8) is 0 Å². The summed E-state index contributed by atoms with van der Waals surface area (Å²) in [6, 6.07) is 0. The Morgan fingerprint density at radius 2 is 2.05 bits per heavy atom. The molecule has 0 spiro atoms. The molecule has 3 aliphatic rings. The molecule has 4 heteroatoms. The molecule has 1 aliphatic heterocycles. The molecule has 3 rings (SSSR count). The van der Waals surface area contributed by atoms with E-state index in [0.717, 1.165) is 19.3 Å². The van der Waals surface area contributed by atoms with Crippen LogP contribution in [0.5, 0.6) is 0 Å². The number of allylic oxidation sites excluding steroid dienone is 1. The topological polar surface area (TPSA) is 63.6 Å². The quantitative estimate of drug-likeness (QED) is 0.796. The molecule has 1 saturated heterocycles. The Morgan fingerprint density at radius 1 is 1.36 bits per heavy atom. The number of hydrogen-bond acceptors (Lipinski definition) is 4. The summed E-state index contributed by atoms with van der Waals surface area (Å²) in [7, 11) is 0.